The van der Waals surface area contributed by atoms with E-state index in [0.29, 0.717) is 50.2 Å². The SMILES string of the molecule is CCc1c2nc(-c3cc(S(=O)(=O)N4CCN(CC)CC4)cnc3OC(C)CC)[nH]c(=O)c2nn1CC. The smallest absolute Gasteiger partial charge is 0.279 e. The molecular formula is C24H35N7O4S. The summed E-state index contributed by atoms with van der Waals surface area (Å²) in [6.07, 6.45) is 2.54. The fourth-order valence-electron chi connectivity index (χ4n) is 4.35. The van der Waals surface area contributed by atoms with Crippen LogP contribution in [-0.2, 0) is 23.0 Å². The van der Waals surface area contributed by atoms with Gasteiger partial charge in [-0.2, -0.15) is 9.40 Å². The average Bonchev–Trinajstić information content (AvgIpc) is 3.27. The lowest BCUT2D eigenvalue weighted by atomic mass is 10.2. The van der Waals surface area contributed by atoms with Crippen LogP contribution in [0.5, 0.6) is 5.88 Å². The highest BCUT2D eigenvalue weighted by molar-refractivity contribution is 7.89. The quantitative estimate of drug-likeness (QED) is 0.458. The molecule has 1 unspecified atom stereocenters. The second-order valence-electron chi connectivity index (χ2n) is 8.93. The van der Waals surface area contributed by atoms with Crippen LogP contribution in [0.4, 0.5) is 0 Å². The highest BCUT2D eigenvalue weighted by Gasteiger charge is 2.30. The standard InChI is InChI=1S/C24H35N7O4S/c1-6-16(5)35-24-18(22-26-20-19(7-2)31(9-4)28-21(20)23(32)27-22)14-17(15-25-24)36(33,34)30-12-10-29(8-3)11-13-30/h14-16H,6-13H2,1-5H3,(H,26,27,32). The van der Waals surface area contributed by atoms with Gasteiger partial charge in [0.1, 0.15) is 16.2 Å². The van der Waals surface area contributed by atoms with E-state index in [1.54, 1.807) is 4.68 Å². The molecule has 1 N–H and O–H groups in total. The first-order valence-electron chi connectivity index (χ1n) is 12.6. The van der Waals surface area contributed by atoms with E-state index in [4.69, 9.17) is 9.72 Å². The number of H-pyrrole nitrogens is 1. The number of piperazine rings is 1. The van der Waals surface area contributed by atoms with Crippen LogP contribution in [0.25, 0.3) is 22.4 Å². The number of nitrogens with zero attached hydrogens (tertiary/aromatic N) is 6. The Morgan fingerprint density at radius 3 is 2.42 bits per heavy atom. The van der Waals surface area contributed by atoms with E-state index in [1.807, 2.05) is 27.7 Å². The third-order valence-electron chi connectivity index (χ3n) is 6.72. The summed E-state index contributed by atoms with van der Waals surface area (Å²) in [6, 6.07) is 1.51. The average molecular weight is 518 g/mol. The molecule has 4 heterocycles. The summed E-state index contributed by atoms with van der Waals surface area (Å²) < 4.78 is 36.3. The van der Waals surface area contributed by atoms with Crippen molar-refractivity contribution in [1.29, 1.82) is 0 Å². The molecule has 1 saturated heterocycles. The molecule has 36 heavy (non-hydrogen) atoms. The van der Waals surface area contributed by atoms with Crippen LogP contribution in [0, 0.1) is 0 Å². The number of sulfonamides is 1. The predicted molar refractivity (Wildman–Crippen MR) is 138 cm³/mol. The monoisotopic (exact) mass is 517 g/mol. The molecule has 0 aromatic carbocycles. The van der Waals surface area contributed by atoms with Gasteiger partial charge < -0.3 is 14.6 Å². The van der Waals surface area contributed by atoms with Gasteiger partial charge in [-0.25, -0.2) is 18.4 Å². The minimum Gasteiger partial charge on any atom is -0.474 e. The number of likely N-dealkylation sites (N-methyl/N-ethyl adjacent to an activating group) is 1. The summed E-state index contributed by atoms with van der Waals surface area (Å²) in [5, 5.41) is 4.41. The van der Waals surface area contributed by atoms with Crippen molar-refractivity contribution in [3.63, 3.8) is 0 Å². The Hall–Kier alpha value is -2.83. The minimum atomic E-state index is -3.79. The van der Waals surface area contributed by atoms with E-state index < -0.39 is 15.6 Å². The molecule has 1 fully saturated rings. The van der Waals surface area contributed by atoms with Gasteiger partial charge in [-0.15, -0.1) is 0 Å². The number of fused-ring (bicyclic) bond motifs is 1. The van der Waals surface area contributed by atoms with E-state index in [2.05, 4.69) is 26.9 Å². The first-order valence-corrected chi connectivity index (χ1v) is 14.1. The summed E-state index contributed by atoms with van der Waals surface area (Å²) in [6.45, 7) is 13.6. The van der Waals surface area contributed by atoms with Gasteiger partial charge in [0.25, 0.3) is 5.56 Å². The molecule has 3 aromatic rings. The Morgan fingerprint density at radius 2 is 1.81 bits per heavy atom. The molecule has 1 aliphatic heterocycles. The topological polar surface area (TPSA) is 126 Å². The van der Waals surface area contributed by atoms with Gasteiger partial charge in [-0.1, -0.05) is 20.8 Å². The summed E-state index contributed by atoms with van der Waals surface area (Å²) >= 11 is 0. The number of aryl methyl sites for hydroxylation is 2. The van der Waals surface area contributed by atoms with Crippen LogP contribution in [0.1, 0.15) is 46.7 Å². The molecule has 0 spiro atoms. The fraction of sp³-hybridized carbons (Fsp3) is 0.583. The van der Waals surface area contributed by atoms with E-state index >= 15 is 0 Å². The molecule has 1 aliphatic rings. The fourth-order valence-corrected chi connectivity index (χ4v) is 5.74. The molecule has 1 atom stereocenters. The lowest BCUT2D eigenvalue weighted by molar-refractivity contribution is 0.196. The van der Waals surface area contributed by atoms with Crippen LogP contribution in [0.3, 0.4) is 0 Å². The Kier molecular flexibility index (Phi) is 7.76. The normalized spacial score (nSPS) is 16.5. The van der Waals surface area contributed by atoms with Gasteiger partial charge in [0.2, 0.25) is 15.9 Å². The maximum atomic E-state index is 13.5. The molecular weight excluding hydrogens is 482 g/mol. The third kappa shape index (κ3) is 4.89. The van der Waals surface area contributed by atoms with Crippen molar-refractivity contribution in [2.75, 3.05) is 32.7 Å². The van der Waals surface area contributed by atoms with Gasteiger partial charge in [0.05, 0.1) is 23.6 Å². The number of hydrogen-bond acceptors (Lipinski definition) is 8. The van der Waals surface area contributed by atoms with Crippen molar-refractivity contribution in [3.8, 4) is 17.3 Å². The van der Waals surface area contributed by atoms with Crippen molar-refractivity contribution in [1.82, 2.24) is 33.9 Å². The van der Waals surface area contributed by atoms with Gasteiger partial charge >= 0.3 is 0 Å². The van der Waals surface area contributed by atoms with Gasteiger partial charge in [-0.05, 0) is 39.3 Å². The number of hydrogen-bond donors (Lipinski definition) is 1. The van der Waals surface area contributed by atoms with Crippen molar-refractivity contribution in [3.05, 3.63) is 28.3 Å². The maximum Gasteiger partial charge on any atom is 0.279 e. The molecule has 11 nitrogen and oxygen atoms in total. The van der Waals surface area contributed by atoms with Gasteiger partial charge in [0, 0.05) is 32.7 Å². The van der Waals surface area contributed by atoms with Crippen LogP contribution in [0.15, 0.2) is 22.0 Å². The summed E-state index contributed by atoms with van der Waals surface area (Å²) in [4.78, 5) is 27.1. The Labute approximate surface area is 211 Å². The van der Waals surface area contributed by atoms with E-state index in [-0.39, 0.29) is 28.2 Å². The number of aromatic amines is 1. The van der Waals surface area contributed by atoms with Crippen molar-refractivity contribution in [2.24, 2.45) is 0 Å². The summed E-state index contributed by atoms with van der Waals surface area (Å²) in [7, 11) is -3.79. The minimum absolute atomic E-state index is 0.0432. The number of rotatable bonds is 9. The molecule has 0 amide bonds. The molecule has 12 heteroatoms. The number of ether oxygens (including phenoxy) is 1. The largest absolute Gasteiger partial charge is 0.474 e. The summed E-state index contributed by atoms with van der Waals surface area (Å²) in [5.74, 6) is 0.430. The Bertz CT molecular complexity index is 1390. The number of pyridine rings is 1. The zero-order valence-electron chi connectivity index (χ0n) is 21.6. The predicted octanol–water partition coefficient (Wildman–Crippen LogP) is 2.27. The van der Waals surface area contributed by atoms with Crippen LogP contribution in [0.2, 0.25) is 0 Å². The van der Waals surface area contributed by atoms with E-state index in [0.717, 1.165) is 18.7 Å². The van der Waals surface area contributed by atoms with Crippen molar-refractivity contribution in [2.45, 2.75) is 65.0 Å². The zero-order chi connectivity index (χ0) is 26.0. The first-order chi connectivity index (χ1) is 17.2. The van der Waals surface area contributed by atoms with E-state index in [9.17, 15) is 13.2 Å². The molecule has 4 rings (SSSR count). The van der Waals surface area contributed by atoms with Crippen molar-refractivity contribution >= 4 is 21.1 Å². The van der Waals surface area contributed by atoms with Crippen LogP contribution in [-0.4, -0.2) is 81.2 Å². The van der Waals surface area contributed by atoms with Gasteiger partial charge in [0.15, 0.2) is 5.52 Å². The second-order valence-corrected chi connectivity index (χ2v) is 10.9. The van der Waals surface area contributed by atoms with Gasteiger partial charge in [-0.3, -0.25) is 9.48 Å². The molecule has 196 valence electrons. The molecule has 0 saturated carbocycles. The van der Waals surface area contributed by atoms with Crippen LogP contribution < -0.4 is 10.3 Å². The van der Waals surface area contributed by atoms with E-state index in [1.165, 1.54) is 16.6 Å². The third-order valence-corrected chi connectivity index (χ3v) is 8.58. The lowest BCUT2D eigenvalue weighted by Gasteiger charge is -2.33. The Balaban J connectivity index is 1.84. The highest BCUT2D eigenvalue weighted by Crippen LogP contribution is 2.31. The first kappa shape index (κ1) is 26.2. The molecule has 0 aliphatic carbocycles. The second kappa shape index (κ2) is 10.7. The summed E-state index contributed by atoms with van der Waals surface area (Å²) in [5.41, 5.74) is 1.53. The Morgan fingerprint density at radius 1 is 1.08 bits per heavy atom. The lowest BCUT2D eigenvalue weighted by Crippen LogP contribution is -2.48. The molecule has 0 bridgehead atoms. The maximum absolute atomic E-state index is 13.5. The molecule has 0 radical (unpaired) electrons. The van der Waals surface area contributed by atoms with Crippen molar-refractivity contribution < 1.29 is 13.2 Å². The molecule has 3 aromatic heterocycles. The zero-order valence-corrected chi connectivity index (χ0v) is 22.4. The van der Waals surface area contributed by atoms with Crippen LogP contribution >= 0.6 is 0 Å². The number of aromatic nitrogens is 5. The highest BCUT2D eigenvalue weighted by atomic mass is 32.2. The number of nitrogens with one attached hydrogen (secondary N) is 1.